The molecule has 2 atom stereocenters. The summed E-state index contributed by atoms with van der Waals surface area (Å²) in [5, 5.41) is 13.6. The van der Waals surface area contributed by atoms with Gasteiger partial charge in [-0.05, 0) is 25.0 Å². The summed E-state index contributed by atoms with van der Waals surface area (Å²) < 4.78 is 1.62. The van der Waals surface area contributed by atoms with Crippen molar-refractivity contribution in [3.05, 3.63) is 54.4 Å². The monoisotopic (exact) mass is 313 g/mol. The lowest BCUT2D eigenvalue weighted by atomic mass is 9.90. The number of hydrogen-bond donors (Lipinski definition) is 1. The minimum absolute atomic E-state index is 0.120. The molecule has 0 bridgehead atoms. The van der Waals surface area contributed by atoms with Crippen molar-refractivity contribution in [1.29, 1.82) is 0 Å². The summed E-state index contributed by atoms with van der Waals surface area (Å²) in [6.07, 6.45) is 3.85. The zero-order chi connectivity index (χ0) is 16.4. The predicted molar refractivity (Wildman–Crippen MR) is 83.7 cm³/mol. The fraction of sp³-hybridized carbons (Fsp3) is 0.353. The molecule has 1 aromatic heterocycles. The van der Waals surface area contributed by atoms with Crippen molar-refractivity contribution in [3.63, 3.8) is 0 Å². The van der Waals surface area contributed by atoms with E-state index in [1.54, 1.807) is 35.0 Å². The highest BCUT2D eigenvalue weighted by Gasteiger charge is 2.43. The Hall–Kier alpha value is -2.63. The number of nitrogens with zero attached hydrogens (tertiary/aromatic N) is 3. The Morgan fingerprint density at radius 2 is 2.00 bits per heavy atom. The maximum Gasteiger partial charge on any atom is 0.311 e. The molecule has 2 aromatic rings. The van der Waals surface area contributed by atoms with Gasteiger partial charge in [-0.2, -0.15) is 5.10 Å². The summed E-state index contributed by atoms with van der Waals surface area (Å²) in [5.41, 5.74) is -0.0359. The second-order valence-electron chi connectivity index (χ2n) is 6.17. The Morgan fingerprint density at radius 3 is 2.57 bits per heavy atom. The fourth-order valence-corrected chi connectivity index (χ4v) is 2.97. The van der Waals surface area contributed by atoms with Crippen molar-refractivity contribution in [1.82, 2.24) is 14.7 Å². The standard InChI is InChI=1S/C17H19N3O3/c1-17(16(22)23)8-11-19(12-17)15(21)14(20-10-5-9-18-20)13-6-3-2-4-7-13/h2-7,9-10,14H,8,11-12H2,1H3,(H,22,23). The lowest BCUT2D eigenvalue weighted by molar-refractivity contribution is -0.147. The number of likely N-dealkylation sites (tertiary alicyclic amines) is 1. The molecule has 1 saturated heterocycles. The Morgan fingerprint density at radius 1 is 1.26 bits per heavy atom. The summed E-state index contributed by atoms with van der Waals surface area (Å²) in [5.74, 6) is -0.979. The third-order valence-corrected chi connectivity index (χ3v) is 4.44. The van der Waals surface area contributed by atoms with Crippen LogP contribution in [-0.4, -0.2) is 44.8 Å². The molecule has 1 aliphatic rings. The van der Waals surface area contributed by atoms with Crippen LogP contribution in [0.25, 0.3) is 0 Å². The number of aromatic nitrogens is 2. The van der Waals surface area contributed by atoms with Crippen LogP contribution in [-0.2, 0) is 9.59 Å². The van der Waals surface area contributed by atoms with E-state index in [2.05, 4.69) is 5.10 Å². The predicted octanol–water partition coefficient (Wildman–Crippen LogP) is 1.80. The van der Waals surface area contributed by atoms with Crippen LogP contribution in [0.1, 0.15) is 24.9 Å². The molecule has 1 aromatic carbocycles. The first-order valence-electron chi connectivity index (χ1n) is 7.57. The van der Waals surface area contributed by atoms with Gasteiger partial charge in [-0.1, -0.05) is 30.3 Å². The maximum atomic E-state index is 13.0. The van der Waals surface area contributed by atoms with E-state index in [0.717, 1.165) is 5.56 Å². The van der Waals surface area contributed by atoms with Crippen molar-refractivity contribution in [2.45, 2.75) is 19.4 Å². The van der Waals surface area contributed by atoms with Crippen molar-refractivity contribution in [2.75, 3.05) is 13.1 Å². The number of carbonyl (C=O) groups excluding carboxylic acids is 1. The smallest absolute Gasteiger partial charge is 0.311 e. The van der Waals surface area contributed by atoms with Crippen molar-refractivity contribution >= 4 is 11.9 Å². The molecular formula is C17H19N3O3. The van der Waals surface area contributed by atoms with Gasteiger partial charge in [0.15, 0.2) is 6.04 Å². The van der Waals surface area contributed by atoms with Gasteiger partial charge < -0.3 is 10.0 Å². The summed E-state index contributed by atoms with van der Waals surface area (Å²) in [6, 6.07) is 10.6. The van der Waals surface area contributed by atoms with Crippen molar-refractivity contribution in [3.8, 4) is 0 Å². The highest BCUT2D eigenvalue weighted by atomic mass is 16.4. The topological polar surface area (TPSA) is 75.4 Å². The maximum absolute atomic E-state index is 13.0. The molecule has 0 radical (unpaired) electrons. The number of carboxylic acid groups (broad SMARTS) is 1. The second kappa shape index (κ2) is 5.87. The largest absolute Gasteiger partial charge is 0.481 e. The molecule has 1 aliphatic heterocycles. The van der Waals surface area contributed by atoms with E-state index in [0.29, 0.717) is 13.0 Å². The second-order valence-corrected chi connectivity index (χ2v) is 6.17. The minimum Gasteiger partial charge on any atom is -0.481 e. The number of carbonyl (C=O) groups is 2. The SMILES string of the molecule is CC1(C(=O)O)CCN(C(=O)C(c2ccccc2)n2cccn2)C1. The highest BCUT2D eigenvalue weighted by molar-refractivity contribution is 5.85. The summed E-state index contributed by atoms with van der Waals surface area (Å²) in [7, 11) is 0. The van der Waals surface area contributed by atoms with Gasteiger partial charge in [-0.3, -0.25) is 14.3 Å². The molecule has 0 saturated carbocycles. The average molecular weight is 313 g/mol. The molecule has 1 amide bonds. The van der Waals surface area contributed by atoms with Gasteiger partial charge in [-0.25, -0.2) is 0 Å². The molecule has 2 heterocycles. The van der Waals surface area contributed by atoms with Gasteiger partial charge in [0.2, 0.25) is 0 Å². The highest BCUT2D eigenvalue weighted by Crippen LogP contribution is 2.32. The van der Waals surface area contributed by atoms with E-state index in [9.17, 15) is 14.7 Å². The molecule has 120 valence electrons. The van der Waals surface area contributed by atoms with Gasteiger partial charge >= 0.3 is 5.97 Å². The lowest BCUT2D eigenvalue weighted by Gasteiger charge is -2.25. The first-order chi connectivity index (χ1) is 11.0. The summed E-state index contributed by atoms with van der Waals surface area (Å²) in [6.45, 7) is 2.37. The molecule has 1 N–H and O–H groups in total. The Kier molecular flexibility index (Phi) is 3.90. The molecule has 6 heteroatoms. The van der Waals surface area contributed by atoms with Crippen LogP contribution in [0.3, 0.4) is 0 Å². The summed E-state index contributed by atoms with van der Waals surface area (Å²) in [4.78, 5) is 26.1. The number of benzene rings is 1. The summed E-state index contributed by atoms with van der Waals surface area (Å²) >= 11 is 0. The molecule has 3 rings (SSSR count). The Labute approximate surface area is 134 Å². The van der Waals surface area contributed by atoms with Gasteiger partial charge in [0.05, 0.1) is 5.41 Å². The zero-order valence-corrected chi connectivity index (χ0v) is 12.9. The van der Waals surface area contributed by atoms with Gasteiger partial charge in [0.1, 0.15) is 0 Å². The fourth-order valence-electron chi connectivity index (χ4n) is 2.97. The van der Waals surface area contributed by atoms with Crippen LogP contribution < -0.4 is 0 Å². The molecule has 6 nitrogen and oxygen atoms in total. The van der Waals surface area contributed by atoms with Crippen LogP contribution in [0.4, 0.5) is 0 Å². The zero-order valence-electron chi connectivity index (χ0n) is 12.9. The number of aliphatic carboxylic acids is 1. The van der Waals surface area contributed by atoms with E-state index in [4.69, 9.17) is 0 Å². The molecule has 23 heavy (non-hydrogen) atoms. The molecule has 0 aliphatic carbocycles. The lowest BCUT2D eigenvalue weighted by Crippen LogP contribution is -2.39. The van der Waals surface area contributed by atoms with Crippen LogP contribution in [0, 0.1) is 5.41 Å². The number of hydrogen-bond acceptors (Lipinski definition) is 3. The third kappa shape index (κ3) is 2.84. The molecule has 0 spiro atoms. The van der Waals surface area contributed by atoms with E-state index in [1.807, 2.05) is 30.3 Å². The van der Waals surface area contributed by atoms with Crippen LogP contribution in [0.5, 0.6) is 0 Å². The van der Waals surface area contributed by atoms with Gasteiger partial charge in [0.25, 0.3) is 5.91 Å². The van der Waals surface area contributed by atoms with E-state index in [1.165, 1.54) is 0 Å². The van der Waals surface area contributed by atoms with Crippen LogP contribution in [0.15, 0.2) is 48.8 Å². The minimum atomic E-state index is -0.874. The van der Waals surface area contributed by atoms with Crippen LogP contribution >= 0.6 is 0 Å². The van der Waals surface area contributed by atoms with Gasteiger partial charge in [-0.15, -0.1) is 0 Å². The normalized spacial score (nSPS) is 22.0. The Balaban J connectivity index is 1.90. The first kappa shape index (κ1) is 15.3. The van der Waals surface area contributed by atoms with Crippen molar-refractivity contribution in [2.24, 2.45) is 5.41 Å². The average Bonchev–Trinajstić information content (AvgIpc) is 3.19. The number of carboxylic acids is 1. The van der Waals surface area contributed by atoms with Crippen molar-refractivity contribution < 1.29 is 14.7 Å². The third-order valence-electron chi connectivity index (χ3n) is 4.44. The number of rotatable bonds is 4. The first-order valence-corrected chi connectivity index (χ1v) is 7.57. The molecule has 2 unspecified atom stereocenters. The Bertz CT molecular complexity index is 699. The quantitative estimate of drug-likeness (QED) is 0.934. The number of amides is 1. The van der Waals surface area contributed by atoms with E-state index < -0.39 is 17.4 Å². The molecular weight excluding hydrogens is 294 g/mol. The van der Waals surface area contributed by atoms with Gasteiger partial charge in [0, 0.05) is 25.5 Å². The van der Waals surface area contributed by atoms with E-state index >= 15 is 0 Å². The van der Waals surface area contributed by atoms with E-state index in [-0.39, 0.29) is 12.5 Å². The molecule has 1 fully saturated rings. The van der Waals surface area contributed by atoms with Crippen LogP contribution in [0.2, 0.25) is 0 Å².